The van der Waals surface area contributed by atoms with Crippen LogP contribution in [0.2, 0.25) is 0 Å². The largest absolute Gasteiger partial charge is 0.473 e. The highest BCUT2D eigenvalue weighted by atomic mass is 16.5. The molecule has 1 unspecified atom stereocenters. The highest BCUT2D eigenvalue weighted by Crippen LogP contribution is 2.17. The maximum absolute atomic E-state index is 10.2. The standard InChI is InChI=1S/C17H27N3O4/c21-14(13-23-15-3-9-22-10-4-15)12-20-7-1-16(2-8-20)24-17-11-18-5-6-19-17/h5-6,11,14-16,21H,1-4,7-10,12-13H2. The van der Waals surface area contributed by atoms with Crippen LogP contribution in [0.1, 0.15) is 25.7 Å². The zero-order chi connectivity index (χ0) is 16.6. The fourth-order valence-electron chi connectivity index (χ4n) is 3.17. The first-order valence-electron chi connectivity index (χ1n) is 8.82. The van der Waals surface area contributed by atoms with Gasteiger partial charge in [0, 0.05) is 45.2 Å². The van der Waals surface area contributed by atoms with Crippen LogP contribution in [-0.2, 0) is 9.47 Å². The van der Waals surface area contributed by atoms with Gasteiger partial charge in [0.1, 0.15) is 6.10 Å². The summed E-state index contributed by atoms with van der Waals surface area (Å²) in [6.07, 6.45) is 8.62. The Morgan fingerprint density at radius 2 is 1.96 bits per heavy atom. The van der Waals surface area contributed by atoms with Crippen LogP contribution in [-0.4, -0.2) is 77.7 Å². The van der Waals surface area contributed by atoms with Gasteiger partial charge in [0.15, 0.2) is 0 Å². The van der Waals surface area contributed by atoms with E-state index in [4.69, 9.17) is 14.2 Å². The van der Waals surface area contributed by atoms with Crippen molar-refractivity contribution in [2.24, 2.45) is 0 Å². The molecule has 0 aliphatic carbocycles. The Morgan fingerprint density at radius 3 is 2.67 bits per heavy atom. The number of hydrogen-bond acceptors (Lipinski definition) is 7. The molecule has 0 amide bonds. The van der Waals surface area contributed by atoms with E-state index in [1.807, 2.05) is 0 Å². The molecule has 0 bridgehead atoms. The molecular weight excluding hydrogens is 310 g/mol. The fraction of sp³-hybridized carbons (Fsp3) is 0.765. The smallest absolute Gasteiger partial charge is 0.232 e. The van der Waals surface area contributed by atoms with E-state index in [1.165, 1.54) is 0 Å². The molecule has 2 aliphatic heterocycles. The molecule has 7 heteroatoms. The van der Waals surface area contributed by atoms with E-state index >= 15 is 0 Å². The van der Waals surface area contributed by atoms with Crippen LogP contribution in [0.15, 0.2) is 18.6 Å². The Morgan fingerprint density at radius 1 is 1.17 bits per heavy atom. The zero-order valence-electron chi connectivity index (χ0n) is 14.0. The van der Waals surface area contributed by atoms with Gasteiger partial charge >= 0.3 is 0 Å². The molecule has 3 rings (SSSR count). The molecule has 2 aliphatic rings. The number of hydrogen-bond donors (Lipinski definition) is 1. The minimum Gasteiger partial charge on any atom is -0.473 e. The lowest BCUT2D eigenvalue weighted by atomic mass is 10.1. The predicted molar refractivity (Wildman–Crippen MR) is 87.9 cm³/mol. The fourth-order valence-corrected chi connectivity index (χ4v) is 3.17. The van der Waals surface area contributed by atoms with Gasteiger partial charge in [0.05, 0.1) is 25.0 Å². The number of rotatable bonds is 7. The van der Waals surface area contributed by atoms with Crippen LogP contribution in [0.25, 0.3) is 0 Å². The van der Waals surface area contributed by atoms with E-state index in [2.05, 4.69) is 14.9 Å². The van der Waals surface area contributed by atoms with Crippen LogP contribution in [0.4, 0.5) is 0 Å². The van der Waals surface area contributed by atoms with Crippen LogP contribution in [0.3, 0.4) is 0 Å². The van der Waals surface area contributed by atoms with E-state index in [9.17, 15) is 5.11 Å². The third kappa shape index (κ3) is 5.66. The number of nitrogens with zero attached hydrogens (tertiary/aromatic N) is 3. The Kier molecular flexibility index (Phi) is 6.77. The molecular formula is C17H27N3O4. The molecule has 0 saturated carbocycles. The molecule has 134 valence electrons. The normalized spacial score (nSPS) is 22.4. The summed E-state index contributed by atoms with van der Waals surface area (Å²) in [5.41, 5.74) is 0. The lowest BCUT2D eigenvalue weighted by molar-refractivity contribution is -0.0659. The highest BCUT2D eigenvalue weighted by molar-refractivity contribution is 5.02. The predicted octanol–water partition coefficient (Wildman–Crippen LogP) is 0.876. The molecule has 7 nitrogen and oxygen atoms in total. The number of β-amino-alcohol motifs (C(OH)–C–C–N with tert-alkyl or cyclic N) is 1. The topological polar surface area (TPSA) is 76.9 Å². The van der Waals surface area contributed by atoms with Gasteiger partial charge in [-0.2, -0.15) is 0 Å². The summed E-state index contributed by atoms with van der Waals surface area (Å²) in [6.45, 7) is 4.42. The molecule has 3 heterocycles. The number of piperidine rings is 1. The molecule has 2 saturated heterocycles. The summed E-state index contributed by atoms with van der Waals surface area (Å²) in [6, 6.07) is 0. The van der Waals surface area contributed by atoms with Crippen molar-refractivity contribution < 1.29 is 19.3 Å². The lowest BCUT2D eigenvalue weighted by Crippen LogP contribution is -2.43. The molecule has 1 atom stereocenters. The van der Waals surface area contributed by atoms with E-state index in [1.54, 1.807) is 18.6 Å². The number of aliphatic hydroxyl groups is 1. The maximum atomic E-state index is 10.2. The zero-order valence-corrected chi connectivity index (χ0v) is 14.0. The average Bonchev–Trinajstić information content (AvgIpc) is 2.63. The van der Waals surface area contributed by atoms with Gasteiger partial charge in [-0.1, -0.05) is 0 Å². The van der Waals surface area contributed by atoms with Gasteiger partial charge in [-0.15, -0.1) is 0 Å². The quantitative estimate of drug-likeness (QED) is 0.791. The van der Waals surface area contributed by atoms with Crippen LogP contribution in [0.5, 0.6) is 5.88 Å². The van der Waals surface area contributed by atoms with Gasteiger partial charge in [-0.3, -0.25) is 4.98 Å². The first-order valence-corrected chi connectivity index (χ1v) is 8.82. The molecule has 1 aromatic rings. The molecule has 0 radical (unpaired) electrons. The van der Waals surface area contributed by atoms with Crippen molar-refractivity contribution in [2.75, 3.05) is 39.5 Å². The second-order valence-electron chi connectivity index (χ2n) is 6.46. The molecule has 1 aromatic heterocycles. The number of aliphatic hydroxyl groups excluding tert-OH is 1. The summed E-state index contributed by atoms with van der Waals surface area (Å²) in [5.74, 6) is 0.584. The van der Waals surface area contributed by atoms with Gasteiger partial charge in [-0.25, -0.2) is 4.98 Å². The monoisotopic (exact) mass is 337 g/mol. The van der Waals surface area contributed by atoms with Crippen LogP contribution in [0, 0.1) is 0 Å². The van der Waals surface area contributed by atoms with Gasteiger partial charge in [-0.05, 0) is 25.7 Å². The van der Waals surface area contributed by atoms with Gasteiger partial charge < -0.3 is 24.2 Å². The van der Waals surface area contributed by atoms with Crippen molar-refractivity contribution in [3.05, 3.63) is 18.6 Å². The Bertz CT molecular complexity index is 462. The molecule has 0 aromatic carbocycles. The summed E-state index contributed by atoms with van der Waals surface area (Å²) >= 11 is 0. The summed E-state index contributed by atoms with van der Waals surface area (Å²) in [7, 11) is 0. The Labute approximate surface area is 142 Å². The number of likely N-dealkylation sites (tertiary alicyclic amines) is 1. The van der Waals surface area contributed by atoms with E-state index in [-0.39, 0.29) is 12.2 Å². The summed E-state index contributed by atoms with van der Waals surface area (Å²) < 4.78 is 16.9. The second-order valence-corrected chi connectivity index (χ2v) is 6.46. The van der Waals surface area contributed by atoms with E-state index in [0.29, 0.717) is 19.0 Å². The third-order valence-electron chi connectivity index (χ3n) is 4.52. The van der Waals surface area contributed by atoms with Crippen molar-refractivity contribution in [1.29, 1.82) is 0 Å². The minimum atomic E-state index is -0.440. The Hall–Kier alpha value is -1.28. The molecule has 24 heavy (non-hydrogen) atoms. The van der Waals surface area contributed by atoms with Crippen LogP contribution >= 0.6 is 0 Å². The number of ether oxygens (including phenoxy) is 3. The van der Waals surface area contributed by atoms with Crippen molar-refractivity contribution >= 4 is 0 Å². The van der Waals surface area contributed by atoms with E-state index in [0.717, 1.165) is 52.0 Å². The van der Waals surface area contributed by atoms with Crippen molar-refractivity contribution in [1.82, 2.24) is 14.9 Å². The maximum Gasteiger partial charge on any atom is 0.232 e. The average molecular weight is 337 g/mol. The first kappa shape index (κ1) is 17.5. The van der Waals surface area contributed by atoms with Gasteiger partial charge in [0.2, 0.25) is 5.88 Å². The second kappa shape index (κ2) is 9.27. The molecule has 0 spiro atoms. The SMILES string of the molecule is OC(COC1CCOCC1)CN1CCC(Oc2cnccn2)CC1. The van der Waals surface area contributed by atoms with Crippen LogP contribution < -0.4 is 4.74 Å². The van der Waals surface area contributed by atoms with Crippen molar-refractivity contribution in [2.45, 2.75) is 44.0 Å². The number of aromatic nitrogens is 2. The first-order chi connectivity index (χ1) is 11.8. The summed E-state index contributed by atoms with van der Waals surface area (Å²) in [4.78, 5) is 10.4. The lowest BCUT2D eigenvalue weighted by Gasteiger charge is -2.33. The van der Waals surface area contributed by atoms with Gasteiger partial charge in [0.25, 0.3) is 0 Å². The van der Waals surface area contributed by atoms with Crippen molar-refractivity contribution in [3.63, 3.8) is 0 Å². The minimum absolute atomic E-state index is 0.175. The Balaban J connectivity index is 1.31. The summed E-state index contributed by atoms with van der Waals surface area (Å²) in [5, 5.41) is 10.2. The third-order valence-corrected chi connectivity index (χ3v) is 4.52. The molecule has 1 N–H and O–H groups in total. The highest BCUT2D eigenvalue weighted by Gasteiger charge is 2.23. The molecule has 2 fully saturated rings. The van der Waals surface area contributed by atoms with E-state index < -0.39 is 6.10 Å². The van der Waals surface area contributed by atoms with Crippen molar-refractivity contribution in [3.8, 4) is 5.88 Å².